The Balaban J connectivity index is 1.26. The summed E-state index contributed by atoms with van der Waals surface area (Å²) in [4.78, 5) is 17.2. The summed E-state index contributed by atoms with van der Waals surface area (Å²) in [5.41, 5.74) is 3.05. The molecule has 2 aromatic heterocycles. The van der Waals surface area contributed by atoms with Crippen LogP contribution in [0.4, 0.5) is 37.8 Å². The zero-order chi connectivity index (χ0) is 32.2. The molecule has 7 nitrogen and oxygen atoms in total. The zero-order valence-corrected chi connectivity index (χ0v) is 25.4. The monoisotopic (exact) mass is 664 g/mol. The predicted octanol–water partition coefficient (Wildman–Crippen LogP) is 7.27. The highest BCUT2D eigenvalue weighted by Crippen LogP contribution is 2.66. The molecule has 8 rings (SSSR count). The van der Waals surface area contributed by atoms with Crippen molar-refractivity contribution in [2.45, 2.75) is 68.9 Å². The van der Waals surface area contributed by atoms with Gasteiger partial charge in [0.15, 0.2) is 5.82 Å². The molecule has 3 aromatic rings. The maximum Gasteiger partial charge on any atom is 0.418 e. The molecule has 4 atom stereocenters. The van der Waals surface area contributed by atoms with Crippen molar-refractivity contribution in [3.8, 4) is 17.3 Å². The van der Waals surface area contributed by atoms with Crippen LogP contribution in [-0.2, 0) is 6.18 Å². The van der Waals surface area contributed by atoms with Gasteiger partial charge in [-0.05, 0) is 68.2 Å². The minimum atomic E-state index is -4.93. The molecule has 2 N–H and O–H groups in total. The van der Waals surface area contributed by atoms with Gasteiger partial charge in [-0.2, -0.15) is 23.1 Å². The van der Waals surface area contributed by atoms with Crippen molar-refractivity contribution in [3.05, 3.63) is 46.6 Å². The highest BCUT2D eigenvalue weighted by atomic mass is 35.5. The van der Waals surface area contributed by atoms with Crippen molar-refractivity contribution < 1.29 is 31.1 Å². The predicted molar refractivity (Wildman–Crippen MR) is 160 cm³/mol. The van der Waals surface area contributed by atoms with Crippen molar-refractivity contribution in [1.29, 1.82) is 0 Å². The van der Waals surface area contributed by atoms with Gasteiger partial charge >= 0.3 is 12.2 Å². The average Bonchev–Trinajstić information content (AvgIpc) is 3.87. The number of alkyl halides is 4. The Morgan fingerprint density at radius 3 is 2.67 bits per heavy atom. The molecule has 14 heteroatoms. The van der Waals surface area contributed by atoms with E-state index in [1.165, 1.54) is 6.20 Å². The van der Waals surface area contributed by atoms with Crippen LogP contribution in [0.2, 0.25) is 5.02 Å². The molecule has 46 heavy (non-hydrogen) atoms. The van der Waals surface area contributed by atoms with Gasteiger partial charge in [0.1, 0.15) is 29.8 Å². The van der Waals surface area contributed by atoms with E-state index >= 15 is 4.39 Å². The normalized spacial score (nSPS) is 29.3. The number of fused-ring (bicyclic) bond motifs is 4. The lowest BCUT2D eigenvalue weighted by molar-refractivity contribution is -0.137. The number of anilines is 2. The molecule has 0 amide bonds. The maximum absolute atomic E-state index is 16.6. The van der Waals surface area contributed by atoms with Crippen molar-refractivity contribution >= 4 is 34.0 Å². The highest BCUT2D eigenvalue weighted by molar-refractivity contribution is 6.32. The van der Waals surface area contributed by atoms with Crippen LogP contribution in [0.15, 0.2) is 30.2 Å². The van der Waals surface area contributed by atoms with Crippen LogP contribution in [0.25, 0.3) is 22.2 Å². The van der Waals surface area contributed by atoms with Crippen LogP contribution >= 0.6 is 11.6 Å². The number of rotatable bonds is 5. The smallest absolute Gasteiger partial charge is 0.418 e. The molecular weight excluding hydrogens is 634 g/mol. The van der Waals surface area contributed by atoms with E-state index in [2.05, 4.69) is 19.9 Å². The molecule has 1 spiro atoms. The molecular formula is C32H31ClF6N6O. The van der Waals surface area contributed by atoms with Gasteiger partial charge in [0.25, 0.3) is 0 Å². The van der Waals surface area contributed by atoms with Crippen molar-refractivity contribution in [2.24, 2.45) is 11.3 Å². The van der Waals surface area contributed by atoms with Crippen molar-refractivity contribution in [1.82, 2.24) is 19.9 Å². The number of hydrogen-bond acceptors (Lipinski definition) is 7. The Hall–Kier alpha value is -3.32. The van der Waals surface area contributed by atoms with E-state index in [4.69, 9.17) is 22.1 Å². The van der Waals surface area contributed by atoms with Gasteiger partial charge in [0.2, 0.25) is 0 Å². The van der Waals surface area contributed by atoms with Gasteiger partial charge in [-0.1, -0.05) is 18.0 Å². The van der Waals surface area contributed by atoms with Crippen LogP contribution in [0.3, 0.4) is 0 Å². The minimum absolute atomic E-state index is 0.0201. The number of ether oxygens (including phenoxy) is 1. The Morgan fingerprint density at radius 1 is 1.13 bits per heavy atom. The van der Waals surface area contributed by atoms with Gasteiger partial charge in [-0.3, -0.25) is 9.88 Å². The molecule has 0 radical (unpaired) electrons. The molecule has 2 saturated carbocycles. The fourth-order valence-corrected chi connectivity index (χ4v) is 8.79. The van der Waals surface area contributed by atoms with Gasteiger partial charge < -0.3 is 15.4 Å². The van der Waals surface area contributed by atoms with E-state index in [1.807, 2.05) is 0 Å². The Bertz CT molecular complexity index is 1780. The molecule has 0 unspecified atom stereocenters. The molecule has 5 aliphatic rings. The maximum atomic E-state index is 16.6. The molecule has 244 valence electrons. The van der Waals surface area contributed by atoms with Gasteiger partial charge in [-0.25, -0.2) is 13.2 Å². The van der Waals surface area contributed by atoms with Gasteiger partial charge in [0.05, 0.1) is 33.9 Å². The number of nitrogens with zero attached hydrogens (tertiary/aromatic N) is 5. The number of pyridine rings is 1. The Morgan fingerprint density at radius 2 is 1.93 bits per heavy atom. The summed E-state index contributed by atoms with van der Waals surface area (Å²) in [5, 5.41) is -0.568. The van der Waals surface area contributed by atoms with E-state index in [-0.39, 0.29) is 46.4 Å². The largest absolute Gasteiger partial charge is 0.461 e. The fraction of sp³-hybridized carbons (Fsp3) is 0.531. The van der Waals surface area contributed by atoms with Crippen LogP contribution in [0, 0.1) is 17.2 Å². The first-order valence-corrected chi connectivity index (χ1v) is 15.9. The molecule has 5 fully saturated rings. The van der Waals surface area contributed by atoms with Crippen LogP contribution in [-0.4, -0.2) is 63.8 Å². The molecule has 0 bridgehead atoms. The summed E-state index contributed by atoms with van der Waals surface area (Å²) in [7, 11) is 0. The molecule has 3 saturated heterocycles. The second-order valence-corrected chi connectivity index (χ2v) is 13.8. The van der Waals surface area contributed by atoms with E-state index in [1.54, 1.807) is 4.90 Å². The Kier molecular flexibility index (Phi) is 6.75. The third kappa shape index (κ3) is 4.47. The van der Waals surface area contributed by atoms with Crippen molar-refractivity contribution in [2.75, 3.05) is 36.9 Å². The summed E-state index contributed by atoms with van der Waals surface area (Å²) in [5.74, 6) is -1.11. The van der Waals surface area contributed by atoms with Crippen molar-refractivity contribution in [3.63, 3.8) is 0 Å². The lowest BCUT2D eigenvalue weighted by Crippen LogP contribution is -2.49. The van der Waals surface area contributed by atoms with Gasteiger partial charge in [-0.15, -0.1) is 0 Å². The van der Waals surface area contributed by atoms with Gasteiger partial charge in [0, 0.05) is 36.5 Å². The SMILES string of the molecule is Nc1cc(Cl)c(C(F)(F)F)c(-c2ncc3c(N4CCCC[C@H]5[C@H](F)[C@H]54)nc(OC[C@]45C/C(=C\F)CN4CCC54CC4)nc3c2F)c1. The second kappa shape index (κ2) is 10.3. The van der Waals surface area contributed by atoms with E-state index in [0.717, 1.165) is 50.8 Å². The molecule has 3 aliphatic heterocycles. The fourth-order valence-electron chi connectivity index (χ4n) is 8.46. The number of nitrogens with two attached hydrogens (primary N) is 1. The average molecular weight is 665 g/mol. The number of hydrogen-bond donors (Lipinski definition) is 1. The molecule has 2 aliphatic carbocycles. The number of halogens is 7. The summed E-state index contributed by atoms with van der Waals surface area (Å²) < 4.78 is 94.0. The van der Waals surface area contributed by atoms with E-state index in [0.29, 0.717) is 37.8 Å². The lowest BCUT2D eigenvalue weighted by Gasteiger charge is -2.37. The number of benzene rings is 1. The van der Waals surface area contributed by atoms with Crippen LogP contribution in [0.5, 0.6) is 6.01 Å². The standard InChI is InChI=1S/C32H31ClF6N6O/c33-21-10-17(40)9-19(22(21)32(37,38)39)25-24(36)26-20(13-41-25)28(45-7-2-1-3-18-23(35)27(18)45)43-29(42-26)46-15-31-11-16(12-34)14-44(31)8-6-30(31)4-5-30/h9-10,12-13,18,23,27H,1-8,11,14-15,40H2/b16-12+/t18-,23-,27-,31-/m0/s1. The second-order valence-electron chi connectivity index (χ2n) is 13.4. The first-order valence-electron chi connectivity index (χ1n) is 15.6. The summed E-state index contributed by atoms with van der Waals surface area (Å²) in [6, 6.07) is 1.27. The Labute approximate surface area is 265 Å². The minimum Gasteiger partial charge on any atom is -0.461 e. The summed E-state index contributed by atoms with van der Waals surface area (Å²) in [6.07, 6.45) is 1.56. The number of aromatic nitrogens is 3. The quantitative estimate of drug-likeness (QED) is 0.227. The first kappa shape index (κ1) is 30.0. The van der Waals surface area contributed by atoms with E-state index in [9.17, 15) is 22.0 Å². The topological polar surface area (TPSA) is 80.4 Å². The zero-order valence-electron chi connectivity index (χ0n) is 24.7. The summed E-state index contributed by atoms with van der Waals surface area (Å²) in [6.45, 7) is 1.86. The van der Waals surface area contributed by atoms with Crippen LogP contribution < -0.4 is 15.4 Å². The molecule has 1 aromatic carbocycles. The first-order chi connectivity index (χ1) is 22.0. The lowest BCUT2D eigenvalue weighted by atomic mass is 9.80. The number of nitrogen functional groups attached to an aromatic ring is 1. The summed E-state index contributed by atoms with van der Waals surface area (Å²) >= 11 is 5.97. The van der Waals surface area contributed by atoms with Crippen LogP contribution in [0.1, 0.15) is 50.5 Å². The molecule has 5 heterocycles. The highest BCUT2D eigenvalue weighted by Gasteiger charge is 2.67. The third-order valence-corrected chi connectivity index (χ3v) is 11.3. The van der Waals surface area contributed by atoms with E-state index < -0.39 is 51.6 Å². The third-order valence-electron chi connectivity index (χ3n) is 11.0.